The molecule has 2 amide bonds. The van der Waals surface area contributed by atoms with Gasteiger partial charge in [-0.05, 0) is 34.1 Å². The van der Waals surface area contributed by atoms with E-state index < -0.39 is 16.7 Å². The number of hydrogen-bond donors (Lipinski definition) is 2. The van der Waals surface area contributed by atoms with Gasteiger partial charge in [-0.3, -0.25) is 19.7 Å². The molecule has 10 heteroatoms. The Morgan fingerprint density at radius 1 is 1.29 bits per heavy atom. The molecule has 2 N–H and O–H groups in total. The van der Waals surface area contributed by atoms with Crippen molar-refractivity contribution in [2.45, 2.75) is 0 Å². The largest absolute Gasteiger partial charge is 0.343 e. The number of thiophene rings is 1. The van der Waals surface area contributed by atoms with Crippen molar-refractivity contribution < 1.29 is 14.5 Å². The molecule has 2 aromatic rings. The van der Waals surface area contributed by atoms with Gasteiger partial charge in [-0.1, -0.05) is 23.5 Å². The fourth-order valence-corrected chi connectivity index (χ4v) is 2.78. The van der Waals surface area contributed by atoms with Crippen molar-refractivity contribution in [2.24, 2.45) is 5.10 Å². The zero-order valence-corrected chi connectivity index (χ0v) is 14.5. The van der Waals surface area contributed by atoms with Crippen LogP contribution in [0.3, 0.4) is 0 Å². The van der Waals surface area contributed by atoms with E-state index in [9.17, 15) is 19.7 Å². The van der Waals surface area contributed by atoms with Gasteiger partial charge in [-0.25, -0.2) is 5.43 Å². The summed E-state index contributed by atoms with van der Waals surface area (Å²) in [6.45, 7) is -0.248. The summed E-state index contributed by atoms with van der Waals surface area (Å²) in [6.07, 6.45) is 1.30. The molecule has 1 aromatic carbocycles. The highest BCUT2D eigenvalue weighted by atomic mass is 79.9. The minimum Gasteiger partial charge on any atom is -0.343 e. The summed E-state index contributed by atoms with van der Waals surface area (Å²) in [6, 6.07) is 9.71. The second-order valence-corrected chi connectivity index (χ2v) is 6.34. The predicted octanol–water partition coefficient (Wildman–Crippen LogP) is 2.30. The van der Waals surface area contributed by atoms with Crippen molar-refractivity contribution in [1.29, 1.82) is 0 Å². The van der Waals surface area contributed by atoms with Crippen LogP contribution in [-0.2, 0) is 4.79 Å². The zero-order valence-electron chi connectivity index (χ0n) is 12.1. The van der Waals surface area contributed by atoms with E-state index in [2.05, 4.69) is 31.8 Å². The van der Waals surface area contributed by atoms with Crippen LogP contribution in [0.2, 0.25) is 0 Å². The standard InChI is InChI=1S/C14H11BrN4O4S/c15-11-4-2-1-3-10(11)14(21)16-8-12(20)18-17-7-9-5-6-13(24-9)19(22)23/h1-7H,8H2,(H,16,21)(H,18,20). The summed E-state index contributed by atoms with van der Waals surface area (Å²) < 4.78 is 0.625. The number of halogens is 1. The van der Waals surface area contributed by atoms with Gasteiger partial charge < -0.3 is 5.32 Å². The third kappa shape index (κ3) is 4.96. The summed E-state index contributed by atoms with van der Waals surface area (Å²) >= 11 is 4.19. The summed E-state index contributed by atoms with van der Waals surface area (Å²) in [5.74, 6) is -0.909. The molecule has 24 heavy (non-hydrogen) atoms. The molecule has 124 valence electrons. The topological polar surface area (TPSA) is 114 Å². The van der Waals surface area contributed by atoms with E-state index in [0.29, 0.717) is 14.9 Å². The molecule has 1 aromatic heterocycles. The first-order chi connectivity index (χ1) is 11.5. The highest BCUT2D eigenvalue weighted by molar-refractivity contribution is 9.10. The number of amides is 2. The Kier molecular flexibility index (Phi) is 6.15. The molecule has 0 bridgehead atoms. The highest BCUT2D eigenvalue weighted by Gasteiger charge is 2.11. The van der Waals surface area contributed by atoms with Crippen LogP contribution in [0.25, 0.3) is 0 Å². The van der Waals surface area contributed by atoms with Gasteiger partial charge in [0, 0.05) is 10.5 Å². The van der Waals surface area contributed by atoms with Gasteiger partial charge >= 0.3 is 5.00 Å². The number of nitrogens with zero attached hydrogens (tertiary/aromatic N) is 2. The Morgan fingerprint density at radius 2 is 2.04 bits per heavy atom. The number of carbonyl (C=O) groups is 2. The van der Waals surface area contributed by atoms with Crippen molar-refractivity contribution in [2.75, 3.05) is 6.54 Å². The van der Waals surface area contributed by atoms with Gasteiger partial charge in [0.05, 0.1) is 28.1 Å². The molecule has 0 saturated carbocycles. The van der Waals surface area contributed by atoms with Gasteiger partial charge in [-0.15, -0.1) is 0 Å². The molecule has 2 rings (SSSR count). The number of benzene rings is 1. The maximum Gasteiger partial charge on any atom is 0.324 e. The third-order valence-electron chi connectivity index (χ3n) is 2.70. The van der Waals surface area contributed by atoms with Crippen molar-refractivity contribution in [3.63, 3.8) is 0 Å². The van der Waals surface area contributed by atoms with Crippen LogP contribution in [0.15, 0.2) is 46.0 Å². The minimum absolute atomic E-state index is 0.0107. The van der Waals surface area contributed by atoms with Crippen LogP contribution < -0.4 is 10.7 Å². The predicted molar refractivity (Wildman–Crippen MR) is 93.2 cm³/mol. The first-order valence-corrected chi connectivity index (χ1v) is 8.17. The number of nitrogens with one attached hydrogen (secondary N) is 2. The van der Waals surface area contributed by atoms with Crippen LogP contribution >= 0.6 is 27.3 Å². The molecule has 8 nitrogen and oxygen atoms in total. The lowest BCUT2D eigenvalue weighted by atomic mass is 10.2. The maximum atomic E-state index is 11.9. The molecule has 0 spiro atoms. The van der Waals surface area contributed by atoms with Crippen LogP contribution in [0, 0.1) is 10.1 Å². The Hall–Kier alpha value is -2.59. The monoisotopic (exact) mass is 410 g/mol. The Labute approximate surface area is 148 Å². The molecular formula is C14H11BrN4O4S. The summed E-state index contributed by atoms with van der Waals surface area (Å²) in [5.41, 5.74) is 2.65. The average Bonchev–Trinajstić information content (AvgIpc) is 3.02. The van der Waals surface area contributed by atoms with Crippen LogP contribution in [0.4, 0.5) is 5.00 Å². The quantitative estimate of drug-likeness (QED) is 0.431. The first-order valence-electron chi connectivity index (χ1n) is 6.56. The number of rotatable bonds is 6. The molecule has 0 aliphatic rings. The van der Waals surface area contributed by atoms with Crippen molar-refractivity contribution >= 4 is 50.3 Å². The Balaban J connectivity index is 1.81. The van der Waals surface area contributed by atoms with E-state index in [1.807, 2.05) is 0 Å². The zero-order chi connectivity index (χ0) is 17.5. The molecule has 0 aliphatic carbocycles. The highest BCUT2D eigenvalue weighted by Crippen LogP contribution is 2.22. The van der Waals surface area contributed by atoms with E-state index in [4.69, 9.17) is 0 Å². The Morgan fingerprint density at radius 3 is 2.71 bits per heavy atom. The average molecular weight is 411 g/mol. The smallest absolute Gasteiger partial charge is 0.324 e. The molecule has 0 fully saturated rings. The van der Waals surface area contributed by atoms with Gasteiger partial charge in [0.2, 0.25) is 0 Å². The molecule has 0 unspecified atom stereocenters. The molecule has 0 saturated heterocycles. The van der Waals surface area contributed by atoms with Gasteiger partial charge in [0.15, 0.2) is 0 Å². The van der Waals surface area contributed by atoms with Crippen LogP contribution in [-0.4, -0.2) is 29.5 Å². The summed E-state index contributed by atoms with van der Waals surface area (Å²) in [5, 5.41) is 16.7. The van der Waals surface area contributed by atoms with Crippen molar-refractivity contribution in [3.8, 4) is 0 Å². The molecule has 1 heterocycles. The molecule has 0 atom stereocenters. The number of hydrogen-bond acceptors (Lipinski definition) is 6. The third-order valence-corrected chi connectivity index (χ3v) is 4.36. The van der Waals surface area contributed by atoms with E-state index in [1.54, 1.807) is 24.3 Å². The number of carbonyl (C=O) groups excluding carboxylic acids is 2. The SMILES string of the molecule is O=C(CNC(=O)c1ccccc1Br)NN=Cc1ccc([N+](=O)[O-])s1. The van der Waals surface area contributed by atoms with E-state index in [-0.39, 0.29) is 11.5 Å². The molecule has 0 radical (unpaired) electrons. The van der Waals surface area contributed by atoms with E-state index >= 15 is 0 Å². The van der Waals surface area contributed by atoms with Crippen LogP contribution in [0.1, 0.15) is 15.2 Å². The lowest BCUT2D eigenvalue weighted by Crippen LogP contribution is -2.35. The summed E-state index contributed by atoms with van der Waals surface area (Å²) in [7, 11) is 0. The van der Waals surface area contributed by atoms with E-state index in [1.165, 1.54) is 18.3 Å². The summed E-state index contributed by atoms with van der Waals surface area (Å²) in [4.78, 5) is 34.1. The first kappa shape index (κ1) is 17.8. The number of nitro groups is 1. The molecule has 0 aliphatic heterocycles. The number of hydrazone groups is 1. The van der Waals surface area contributed by atoms with Gasteiger partial charge in [0.25, 0.3) is 11.8 Å². The lowest BCUT2D eigenvalue weighted by molar-refractivity contribution is -0.380. The second-order valence-electron chi connectivity index (χ2n) is 4.39. The van der Waals surface area contributed by atoms with Crippen molar-refractivity contribution in [3.05, 3.63) is 61.4 Å². The van der Waals surface area contributed by atoms with Crippen molar-refractivity contribution in [1.82, 2.24) is 10.7 Å². The van der Waals surface area contributed by atoms with Crippen LogP contribution in [0.5, 0.6) is 0 Å². The second kappa shape index (κ2) is 8.31. The fourth-order valence-electron chi connectivity index (χ4n) is 1.62. The maximum absolute atomic E-state index is 11.9. The normalized spacial score (nSPS) is 10.5. The fraction of sp³-hybridized carbons (Fsp3) is 0.0714. The minimum atomic E-state index is -0.516. The van der Waals surface area contributed by atoms with Gasteiger partial charge in [0.1, 0.15) is 0 Å². The Bertz CT molecular complexity index is 806. The molecular weight excluding hydrogens is 400 g/mol. The lowest BCUT2D eigenvalue weighted by Gasteiger charge is -2.05. The van der Waals surface area contributed by atoms with Gasteiger partial charge in [-0.2, -0.15) is 5.10 Å². The van der Waals surface area contributed by atoms with E-state index in [0.717, 1.165) is 11.3 Å².